The van der Waals surface area contributed by atoms with Crippen LogP contribution < -0.4 is 64.3 Å². The number of hydrogen-bond donors (Lipinski definition) is 3. The van der Waals surface area contributed by atoms with E-state index in [2.05, 4.69) is 36.3 Å². The third-order valence-electron chi connectivity index (χ3n) is 21.4. The van der Waals surface area contributed by atoms with Gasteiger partial charge in [0.25, 0.3) is 27.8 Å². The van der Waals surface area contributed by atoms with Crippen LogP contribution >= 0.6 is 31.9 Å². The molecule has 29 nitrogen and oxygen atoms in total. The minimum absolute atomic E-state index is 0.0177. The van der Waals surface area contributed by atoms with E-state index < -0.39 is 59.5 Å². The molecule has 0 aliphatic heterocycles. The molecular formula is C88H84Br2FN5O24S2. The third kappa shape index (κ3) is 18.3. The van der Waals surface area contributed by atoms with Gasteiger partial charge in [0.15, 0.2) is 22.7 Å². The van der Waals surface area contributed by atoms with Gasteiger partial charge in [-0.1, -0.05) is 53.6 Å². The fraction of sp³-hybridized carbons (Fsp3) is 0.318. The zero-order chi connectivity index (χ0) is 88.5. The van der Waals surface area contributed by atoms with Crippen LogP contribution in [-0.2, 0) is 26.7 Å². The summed E-state index contributed by atoms with van der Waals surface area (Å²) in [4.78, 5) is 122. The van der Waals surface area contributed by atoms with Gasteiger partial charge in [-0.25, -0.2) is 28.4 Å². The summed E-state index contributed by atoms with van der Waals surface area (Å²) in [6.07, 6.45) is 9.66. The Bertz CT molecular complexity index is 7340. The first-order valence-electron chi connectivity index (χ1n) is 38.9. The molecule has 122 heavy (non-hydrogen) atoms. The molecule has 5 saturated carbocycles. The van der Waals surface area contributed by atoms with Crippen molar-refractivity contribution in [3.63, 3.8) is 0 Å². The summed E-state index contributed by atoms with van der Waals surface area (Å²) in [5, 5.41) is 28.2. The number of aromatic nitrogens is 5. The molecule has 0 bridgehead atoms. The summed E-state index contributed by atoms with van der Waals surface area (Å²) in [6, 6.07) is 28.0. The monoisotopic (exact) mass is 1840 g/mol. The molecule has 638 valence electrons. The summed E-state index contributed by atoms with van der Waals surface area (Å²) >= 11 is 6.88. The van der Waals surface area contributed by atoms with E-state index >= 15 is 0 Å². The van der Waals surface area contributed by atoms with Gasteiger partial charge in [0.1, 0.15) is 65.9 Å². The largest absolute Gasteiger partial charge is 0.508 e. The SMILES string of the molecule is Cc1c(Cc2ccccc2F)c2c(=O)n(C3CC3)c(C)c(Br)c2oc1=O.Cc1c(O)c2c(=O)n(C3CC3)c(C)cc2oc1=O.Cc1cc(O)cc(=O)n1C1CC1.Cc1cc(O)cc(=O)o1.Cc1ccc(S(=O)(=O)Oc2c(C)c(=O)oc3c(Br)c(C)n(C4CC4)c(=O)c23)cc1.Cc1ccc(S(=O)(=O)Oc2c(C)c(=O)oc3cc(C)n(C4CC4)c(=O)c23)cc1. The van der Waals surface area contributed by atoms with E-state index in [9.17, 15) is 74.3 Å². The predicted octanol–water partition coefficient (Wildman–Crippen LogP) is 14.6. The number of halogens is 3. The molecular weight excluding hydrogens is 1750 g/mol. The van der Waals surface area contributed by atoms with Gasteiger partial charge < -0.3 is 68.6 Å². The molecule has 0 radical (unpaired) electrons. The van der Waals surface area contributed by atoms with Crippen molar-refractivity contribution >= 4 is 96.0 Å². The Balaban J connectivity index is 0.000000131. The van der Waals surface area contributed by atoms with E-state index in [0.717, 1.165) is 98.5 Å². The van der Waals surface area contributed by atoms with E-state index in [-0.39, 0.29) is 147 Å². The average Bonchev–Trinajstić information content (AvgIpc) is 1.42. The maximum absolute atomic E-state index is 14.2. The smallest absolute Gasteiger partial charge is 0.343 e. The zero-order valence-electron chi connectivity index (χ0n) is 68.2. The zero-order valence-corrected chi connectivity index (χ0v) is 73.0. The fourth-order valence-corrected chi connectivity index (χ4v) is 17.1. The Labute approximate surface area is 710 Å². The second-order valence-corrected chi connectivity index (χ2v) is 35.6. The highest BCUT2D eigenvalue weighted by Gasteiger charge is 2.36. The molecule has 0 unspecified atom stereocenters. The Morgan fingerprint density at radius 2 is 0.787 bits per heavy atom. The highest BCUT2D eigenvalue weighted by atomic mass is 79.9. The Hall–Kier alpha value is -12.0. The summed E-state index contributed by atoms with van der Waals surface area (Å²) in [7, 11) is -8.50. The third-order valence-corrected chi connectivity index (χ3v) is 25.7. The first-order valence-corrected chi connectivity index (χ1v) is 43.3. The number of rotatable bonds is 13. The number of aromatic hydroxyl groups is 3. The lowest BCUT2D eigenvalue weighted by atomic mass is 9.98. The molecule has 0 atom stereocenters. The molecule has 0 saturated heterocycles. The average molecular weight is 1840 g/mol. The van der Waals surface area contributed by atoms with Crippen molar-refractivity contribution in [3.05, 3.63) is 307 Å². The molecule has 3 aromatic carbocycles. The van der Waals surface area contributed by atoms with Crippen LogP contribution in [0.15, 0.2) is 198 Å². The first-order chi connectivity index (χ1) is 57.6. The van der Waals surface area contributed by atoms with Crippen molar-refractivity contribution in [1.82, 2.24) is 22.8 Å². The molecule has 10 aromatic heterocycles. The van der Waals surface area contributed by atoms with E-state index in [0.29, 0.717) is 54.2 Å². The van der Waals surface area contributed by atoms with Crippen LogP contribution in [0.25, 0.3) is 43.9 Å². The topological polar surface area (TPSA) is 408 Å². The fourth-order valence-electron chi connectivity index (χ4n) is 14.2. The Kier molecular flexibility index (Phi) is 24.8. The van der Waals surface area contributed by atoms with E-state index in [1.807, 2.05) is 27.7 Å². The van der Waals surface area contributed by atoms with Crippen LogP contribution in [0.4, 0.5) is 4.39 Å². The number of pyridine rings is 5. The summed E-state index contributed by atoms with van der Waals surface area (Å²) in [5.74, 6) is -0.760. The van der Waals surface area contributed by atoms with Crippen LogP contribution in [0.3, 0.4) is 0 Å². The van der Waals surface area contributed by atoms with Crippen LogP contribution in [0.2, 0.25) is 0 Å². The van der Waals surface area contributed by atoms with Gasteiger partial charge in [-0.3, -0.25) is 24.0 Å². The van der Waals surface area contributed by atoms with E-state index in [1.165, 1.54) is 63.2 Å². The molecule has 18 rings (SSSR count). The van der Waals surface area contributed by atoms with E-state index in [4.69, 9.17) is 36.2 Å². The lowest BCUT2D eigenvalue weighted by molar-refractivity contribution is 0.434. The van der Waals surface area contributed by atoms with Gasteiger partial charge >= 0.3 is 48.4 Å². The number of aryl methyl sites for hydroxylation is 6. The maximum Gasteiger partial charge on any atom is 0.343 e. The Morgan fingerprint density at radius 1 is 0.410 bits per heavy atom. The number of fused-ring (bicyclic) bond motifs is 4. The summed E-state index contributed by atoms with van der Waals surface area (Å²) in [5.41, 5.74) is 2.48. The molecule has 5 aliphatic rings. The van der Waals surface area contributed by atoms with Gasteiger partial charge in [-0.15, -0.1) is 0 Å². The maximum atomic E-state index is 14.2. The highest BCUT2D eigenvalue weighted by Crippen LogP contribution is 2.43. The molecule has 0 amide bonds. The molecule has 5 fully saturated rings. The van der Waals surface area contributed by atoms with Gasteiger partial charge in [-0.2, -0.15) is 16.8 Å². The second-order valence-electron chi connectivity index (χ2n) is 30.9. The van der Waals surface area contributed by atoms with Crippen molar-refractivity contribution in [2.75, 3.05) is 0 Å². The molecule has 5 aliphatic carbocycles. The second kappa shape index (κ2) is 34.5. The van der Waals surface area contributed by atoms with Gasteiger partial charge in [0.05, 0.1) is 37.1 Å². The van der Waals surface area contributed by atoms with Crippen LogP contribution in [-0.4, -0.2) is 55.0 Å². The summed E-state index contributed by atoms with van der Waals surface area (Å²) < 4.78 is 111. The molecule has 13 aromatic rings. The summed E-state index contributed by atoms with van der Waals surface area (Å²) in [6.45, 7) is 20.1. The predicted molar refractivity (Wildman–Crippen MR) is 459 cm³/mol. The van der Waals surface area contributed by atoms with Crippen LogP contribution in [0.5, 0.6) is 28.7 Å². The molecule has 34 heteroatoms. The van der Waals surface area contributed by atoms with E-state index in [1.54, 1.807) is 118 Å². The minimum atomic E-state index is -4.26. The standard InChI is InChI=1S/C20H17BrFNO3.C20H18BrNO6S.C20H19NO6S.C13H13NO4.C9H11NO2.C6H6O3/c1-10-14(9-12-5-3-4-6-15(12)22)16-18(26-20(10)25)17(21)11(2)23(19(16)24)13-7-8-13;1-10-4-8-14(9-5-10)29(25,26)28-17-11(2)20(24)27-18-15(17)19(23)22(13-6-7-13)12(3)16(18)21;1-11-4-8-15(9-5-11)28(24,25)27-18-13(3)20(23)26-16-10-12(2)21(14-6-7-14)19(22)17(16)18;1-6-5-9-10(11(15)7(2)13(17)18-9)12(16)14(6)8-3-4-8;1-6-4-8(11)5-9(12)10(6)7-2-3-7;1-4-2-5(7)3-6(8)9-4/h3-6,13H,7-9H2,1-2H3;4-5,8-9,13H,6-7H2,1-3H3;4-5,8-10,14H,6-7H2,1-3H3;5,8,15H,3-4H2,1-2H3;4-5,7,11H,2-3H2,1H3;2-3,7H,1H3. The van der Waals surface area contributed by atoms with Crippen LogP contribution in [0.1, 0.15) is 173 Å². The van der Waals surface area contributed by atoms with Crippen molar-refractivity contribution in [1.29, 1.82) is 0 Å². The van der Waals surface area contributed by atoms with Gasteiger partial charge in [0, 0.05) is 94.9 Å². The molecule has 10 heterocycles. The lowest BCUT2D eigenvalue weighted by Crippen LogP contribution is -2.25. The van der Waals surface area contributed by atoms with Gasteiger partial charge in [-0.05, 0) is 227 Å². The number of benzene rings is 3. The van der Waals surface area contributed by atoms with Crippen molar-refractivity contribution in [3.8, 4) is 28.7 Å². The highest BCUT2D eigenvalue weighted by molar-refractivity contribution is 9.11. The quantitative estimate of drug-likeness (QED) is 0.0902. The van der Waals surface area contributed by atoms with Gasteiger partial charge in [0.2, 0.25) is 0 Å². The normalized spacial score (nSPS) is 14.3. The first kappa shape index (κ1) is 87.8. The Morgan fingerprint density at radius 3 is 1.24 bits per heavy atom. The van der Waals surface area contributed by atoms with Crippen molar-refractivity contribution < 1.29 is 67.0 Å². The molecule has 0 spiro atoms. The molecule has 3 N–H and O–H groups in total. The minimum Gasteiger partial charge on any atom is -0.508 e. The van der Waals surface area contributed by atoms with Crippen LogP contribution in [0, 0.1) is 88.9 Å². The number of nitrogens with zero attached hydrogens (tertiary/aromatic N) is 5. The lowest BCUT2D eigenvalue weighted by Gasteiger charge is -2.16. The van der Waals surface area contributed by atoms with Crippen molar-refractivity contribution in [2.24, 2.45) is 0 Å². The number of hydrogen-bond acceptors (Lipinski definition) is 24. The van der Waals surface area contributed by atoms with Crippen molar-refractivity contribution in [2.45, 2.75) is 194 Å².